The molecule has 0 aliphatic rings. The summed E-state index contributed by atoms with van der Waals surface area (Å²) in [6, 6.07) is 53.0. The van der Waals surface area contributed by atoms with Crippen molar-refractivity contribution in [2.75, 3.05) is 0 Å². The van der Waals surface area contributed by atoms with Gasteiger partial charge in [-0.25, -0.2) is 19.9 Å². The van der Waals surface area contributed by atoms with Gasteiger partial charge in [0, 0.05) is 38.4 Å². The molecule has 0 fully saturated rings. The molecule has 0 radical (unpaired) electrons. The lowest BCUT2D eigenvalue weighted by molar-refractivity contribution is 0.623. The number of rotatable bonds is 5. The Morgan fingerprint density at radius 2 is 0.900 bits per heavy atom. The van der Waals surface area contributed by atoms with Gasteiger partial charge in [-0.05, 0) is 52.9 Å². The van der Waals surface area contributed by atoms with E-state index in [0.717, 1.165) is 77.2 Å². The first kappa shape index (κ1) is 28.1. The molecule has 3 heterocycles. The molecule has 234 valence electrons. The standard InChI is InChI=1S/C44H26N4O2/c1-4-10-27(11-5-1)28-16-18-31(19-17-28)42-46-41(30-12-6-2-7-13-30)47-43(48-42)33-20-23-34-37(26-33)49-36-25-22-29-21-24-35-40(38(29)39(34)36)50-44(45-35)32-14-8-3-9-15-32/h1-26H. The third-order valence-electron chi connectivity index (χ3n) is 9.17. The van der Waals surface area contributed by atoms with Crippen LogP contribution in [-0.4, -0.2) is 19.9 Å². The van der Waals surface area contributed by atoms with Crippen molar-refractivity contribution in [2.45, 2.75) is 0 Å². The first-order valence-corrected chi connectivity index (χ1v) is 16.5. The monoisotopic (exact) mass is 642 g/mol. The molecule has 0 amide bonds. The van der Waals surface area contributed by atoms with Crippen molar-refractivity contribution in [1.29, 1.82) is 0 Å². The fraction of sp³-hybridized carbons (Fsp3) is 0. The predicted octanol–water partition coefficient (Wildman–Crippen LogP) is 11.4. The zero-order valence-corrected chi connectivity index (χ0v) is 26.6. The molecule has 0 unspecified atom stereocenters. The predicted molar refractivity (Wildman–Crippen MR) is 199 cm³/mol. The maximum absolute atomic E-state index is 6.51. The van der Waals surface area contributed by atoms with Gasteiger partial charge in [-0.15, -0.1) is 0 Å². The number of fused-ring (bicyclic) bond motifs is 7. The van der Waals surface area contributed by atoms with Crippen molar-refractivity contribution >= 4 is 43.8 Å². The summed E-state index contributed by atoms with van der Waals surface area (Å²) in [7, 11) is 0. The molecule has 0 atom stereocenters. The highest BCUT2D eigenvalue weighted by molar-refractivity contribution is 6.25. The largest absolute Gasteiger partial charge is 0.456 e. The van der Waals surface area contributed by atoms with Crippen LogP contribution in [0.5, 0.6) is 0 Å². The molecule has 7 aromatic carbocycles. The first-order valence-electron chi connectivity index (χ1n) is 16.5. The van der Waals surface area contributed by atoms with Crippen LogP contribution in [0.4, 0.5) is 0 Å². The maximum atomic E-state index is 6.51. The van der Waals surface area contributed by atoms with Crippen molar-refractivity contribution in [2.24, 2.45) is 0 Å². The quantitative estimate of drug-likeness (QED) is 0.186. The van der Waals surface area contributed by atoms with Crippen LogP contribution in [0.1, 0.15) is 0 Å². The van der Waals surface area contributed by atoms with Crippen LogP contribution in [0.25, 0.3) is 101 Å². The topological polar surface area (TPSA) is 77.8 Å². The van der Waals surface area contributed by atoms with E-state index in [-0.39, 0.29) is 0 Å². The molecule has 0 N–H and O–H groups in total. The molecule has 50 heavy (non-hydrogen) atoms. The van der Waals surface area contributed by atoms with E-state index in [2.05, 4.69) is 60.7 Å². The highest BCUT2D eigenvalue weighted by Gasteiger charge is 2.19. The number of aromatic nitrogens is 4. The van der Waals surface area contributed by atoms with Gasteiger partial charge in [0.05, 0.1) is 0 Å². The lowest BCUT2D eigenvalue weighted by Gasteiger charge is -2.09. The van der Waals surface area contributed by atoms with E-state index >= 15 is 0 Å². The zero-order valence-electron chi connectivity index (χ0n) is 26.6. The van der Waals surface area contributed by atoms with Gasteiger partial charge in [-0.1, -0.05) is 121 Å². The second kappa shape index (κ2) is 11.4. The summed E-state index contributed by atoms with van der Waals surface area (Å²) in [6.07, 6.45) is 0. The summed E-state index contributed by atoms with van der Waals surface area (Å²) in [5, 5.41) is 4.01. The fourth-order valence-electron chi connectivity index (χ4n) is 6.70. The number of oxazole rings is 1. The number of nitrogens with zero attached hydrogens (tertiary/aromatic N) is 4. The van der Waals surface area contributed by atoms with E-state index in [4.69, 9.17) is 28.8 Å². The number of hydrogen-bond donors (Lipinski definition) is 0. The summed E-state index contributed by atoms with van der Waals surface area (Å²) in [6.45, 7) is 0. The van der Waals surface area contributed by atoms with Gasteiger partial charge in [-0.3, -0.25) is 0 Å². The Balaban J connectivity index is 1.12. The smallest absolute Gasteiger partial charge is 0.227 e. The fourth-order valence-corrected chi connectivity index (χ4v) is 6.70. The minimum atomic E-state index is 0.568. The molecule has 10 aromatic rings. The number of benzene rings is 7. The van der Waals surface area contributed by atoms with E-state index in [1.54, 1.807) is 0 Å². The SMILES string of the molecule is c1ccc(-c2ccc(-c3nc(-c4ccccc4)nc(-c4ccc5c(c4)oc4ccc6ccc7nc(-c8ccccc8)oc7c6c45)n3)cc2)cc1. The molecule has 6 nitrogen and oxygen atoms in total. The third kappa shape index (κ3) is 4.73. The Hall–Kier alpha value is -6.92. The van der Waals surface area contributed by atoms with Gasteiger partial charge < -0.3 is 8.83 Å². The van der Waals surface area contributed by atoms with Crippen LogP contribution in [0.2, 0.25) is 0 Å². The molecule has 0 bridgehead atoms. The van der Waals surface area contributed by atoms with E-state index in [1.807, 2.05) is 97.1 Å². The van der Waals surface area contributed by atoms with Gasteiger partial charge in [0.1, 0.15) is 16.7 Å². The highest BCUT2D eigenvalue weighted by atomic mass is 16.3. The summed E-state index contributed by atoms with van der Waals surface area (Å²) in [5.74, 6) is 2.37. The van der Waals surface area contributed by atoms with Crippen LogP contribution in [0, 0.1) is 0 Å². The van der Waals surface area contributed by atoms with Crippen LogP contribution >= 0.6 is 0 Å². The van der Waals surface area contributed by atoms with E-state index < -0.39 is 0 Å². The lowest BCUT2D eigenvalue weighted by atomic mass is 10.0. The average Bonchev–Trinajstić information content (AvgIpc) is 3.81. The molecule has 0 aliphatic heterocycles. The first-order chi connectivity index (χ1) is 24.7. The van der Waals surface area contributed by atoms with E-state index in [0.29, 0.717) is 23.4 Å². The second-order valence-corrected chi connectivity index (χ2v) is 12.3. The van der Waals surface area contributed by atoms with Crippen LogP contribution < -0.4 is 0 Å². The van der Waals surface area contributed by atoms with Gasteiger partial charge in [0.15, 0.2) is 23.1 Å². The Kier molecular flexibility index (Phi) is 6.39. The molecule has 10 rings (SSSR count). The van der Waals surface area contributed by atoms with Crippen molar-refractivity contribution in [3.63, 3.8) is 0 Å². The van der Waals surface area contributed by atoms with E-state index in [9.17, 15) is 0 Å². The second-order valence-electron chi connectivity index (χ2n) is 12.3. The van der Waals surface area contributed by atoms with Gasteiger partial charge >= 0.3 is 0 Å². The third-order valence-corrected chi connectivity index (χ3v) is 9.17. The summed E-state index contributed by atoms with van der Waals surface area (Å²) in [4.78, 5) is 19.7. The van der Waals surface area contributed by atoms with Crippen LogP contribution in [-0.2, 0) is 0 Å². The van der Waals surface area contributed by atoms with Crippen molar-refractivity contribution in [3.8, 4) is 56.7 Å². The average molecular weight is 643 g/mol. The minimum absolute atomic E-state index is 0.568. The normalized spacial score (nSPS) is 11.6. The van der Waals surface area contributed by atoms with Crippen molar-refractivity contribution in [1.82, 2.24) is 19.9 Å². The Labute approximate surface area is 286 Å². The molecule has 3 aromatic heterocycles. The van der Waals surface area contributed by atoms with Crippen LogP contribution in [0.15, 0.2) is 167 Å². The van der Waals surface area contributed by atoms with E-state index in [1.165, 1.54) is 0 Å². The molecule has 0 aliphatic carbocycles. The lowest BCUT2D eigenvalue weighted by Crippen LogP contribution is -2.00. The number of furan rings is 1. The number of hydrogen-bond acceptors (Lipinski definition) is 6. The molecular formula is C44H26N4O2. The molecule has 0 spiro atoms. The van der Waals surface area contributed by atoms with Crippen molar-refractivity contribution in [3.05, 3.63) is 158 Å². The van der Waals surface area contributed by atoms with Gasteiger partial charge in [-0.2, -0.15) is 0 Å². The minimum Gasteiger partial charge on any atom is -0.456 e. The maximum Gasteiger partial charge on any atom is 0.227 e. The zero-order chi connectivity index (χ0) is 33.0. The highest BCUT2D eigenvalue weighted by Crippen LogP contribution is 2.40. The Morgan fingerprint density at radius 3 is 1.60 bits per heavy atom. The Bertz CT molecular complexity index is 2840. The summed E-state index contributed by atoms with van der Waals surface area (Å²) in [5.41, 5.74) is 8.94. The molecule has 0 saturated heterocycles. The molecule has 6 heteroatoms. The Morgan fingerprint density at radius 1 is 0.360 bits per heavy atom. The summed E-state index contributed by atoms with van der Waals surface area (Å²) >= 11 is 0. The van der Waals surface area contributed by atoms with Crippen molar-refractivity contribution < 1.29 is 8.83 Å². The molecular weight excluding hydrogens is 617 g/mol. The van der Waals surface area contributed by atoms with Crippen LogP contribution in [0.3, 0.4) is 0 Å². The molecule has 0 saturated carbocycles. The van der Waals surface area contributed by atoms with Gasteiger partial charge in [0.2, 0.25) is 5.89 Å². The van der Waals surface area contributed by atoms with Gasteiger partial charge in [0.25, 0.3) is 0 Å². The summed E-state index contributed by atoms with van der Waals surface area (Å²) < 4.78 is 13.0.